The van der Waals surface area contributed by atoms with Crippen molar-refractivity contribution in [2.24, 2.45) is 11.3 Å². The van der Waals surface area contributed by atoms with E-state index in [2.05, 4.69) is 0 Å². The van der Waals surface area contributed by atoms with Crippen LogP contribution in [0.15, 0.2) is 30.5 Å². The number of ketones is 1. The molecule has 1 aromatic heterocycles. The van der Waals surface area contributed by atoms with Gasteiger partial charge in [-0.1, -0.05) is 24.6 Å². The van der Waals surface area contributed by atoms with E-state index in [-0.39, 0.29) is 35.7 Å². The summed E-state index contributed by atoms with van der Waals surface area (Å²) in [4.78, 5) is 27.8. The number of carbonyl (C=O) groups excluding carboxylic acids is 2. The Kier molecular flexibility index (Phi) is 4.31. The van der Waals surface area contributed by atoms with E-state index in [1.165, 1.54) is 0 Å². The first-order chi connectivity index (χ1) is 13.6. The molecule has 3 fully saturated rings. The number of hydrogen-bond donors (Lipinski definition) is 1. The average Bonchev–Trinajstić information content (AvgIpc) is 3.43. The van der Waals surface area contributed by atoms with Crippen LogP contribution >= 0.6 is 0 Å². The van der Waals surface area contributed by atoms with Gasteiger partial charge in [0.25, 0.3) is 0 Å². The molecule has 1 spiro atoms. The van der Waals surface area contributed by atoms with E-state index in [1.54, 1.807) is 0 Å². The lowest BCUT2D eigenvalue weighted by Gasteiger charge is -2.42. The molecule has 0 radical (unpaired) electrons. The number of carbonyl (C=O) groups is 2. The van der Waals surface area contributed by atoms with Crippen molar-refractivity contribution in [3.63, 3.8) is 0 Å². The highest BCUT2D eigenvalue weighted by Gasteiger charge is 2.45. The predicted octanol–water partition coefficient (Wildman–Crippen LogP) is 3.39. The molecule has 3 aliphatic rings. The lowest BCUT2D eigenvalue weighted by Crippen LogP contribution is -2.50. The molecule has 1 aliphatic heterocycles. The van der Waals surface area contributed by atoms with Crippen LogP contribution in [0.4, 0.5) is 0 Å². The van der Waals surface area contributed by atoms with Crippen molar-refractivity contribution in [3.8, 4) is 0 Å². The van der Waals surface area contributed by atoms with Crippen molar-refractivity contribution in [2.75, 3.05) is 13.1 Å². The number of benzene rings is 1. The van der Waals surface area contributed by atoms with Crippen molar-refractivity contribution < 1.29 is 14.7 Å². The molecule has 2 saturated carbocycles. The van der Waals surface area contributed by atoms with Crippen LogP contribution in [-0.4, -0.2) is 45.5 Å². The van der Waals surface area contributed by atoms with Crippen LogP contribution in [0, 0.1) is 11.3 Å². The number of piperidine rings is 1. The number of hydrogen-bond acceptors (Lipinski definition) is 3. The Bertz CT molecular complexity index is 929. The fraction of sp³-hybridized carbons (Fsp3) is 0.565. The normalized spacial score (nSPS) is 27.6. The third kappa shape index (κ3) is 2.96. The van der Waals surface area contributed by atoms with Gasteiger partial charge in [0.2, 0.25) is 5.91 Å². The molecule has 1 N–H and O–H groups in total. The van der Waals surface area contributed by atoms with Crippen molar-refractivity contribution in [3.05, 3.63) is 36.0 Å². The molecule has 2 heterocycles. The Labute approximate surface area is 165 Å². The molecule has 2 atom stereocenters. The summed E-state index contributed by atoms with van der Waals surface area (Å²) in [5, 5.41) is 11.4. The standard InChI is InChI=1S/C23H28N2O3/c26-20-7-3-10-23(20)11-4-12-24(15-23)21(27)14-25-13-18(22(28)16-8-9-16)17-5-1-2-6-19(17)25/h1-2,5-6,13,16,20,26H,3-4,7-12,14-15H2/t20-,23+/m1/s1. The van der Waals surface area contributed by atoms with Gasteiger partial charge in [-0.05, 0) is 44.6 Å². The minimum absolute atomic E-state index is 0.0874. The van der Waals surface area contributed by atoms with Gasteiger partial charge in [0.15, 0.2) is 5.78 Å². The maximum atomic E-state index is 13.1. The molecule has 1 saturated heterocycles. The highest BCUT2D eigenvalue weighted by Crippen LogP contribution is 2.45. The van der Waals surface area contributed by atoms with Crippen molar-refractivity contribution in [1.82, 2.24) is 9.47 Å². The summed E-state index contributed by atoms with van der Waals surface area (Å²) in [7, 11) is 0. The maximum absolute atomic E-state index is 13.1. The largest absolute Gasteiger partial charge is 0.392 e. The number of para-hydroxylation sites is 1. The van der Waals surface area contributed by atoms with Crippen LogP contribution < -0.4 is 0 Å². The van der Waals surface area contributed by atoms with E-state index in [0.29, 0.717) is 6.54 Å². The first kappa shape index (κ1) is 17.9. The summed E-state index contributed by atoms with van der Waals surface area (Å²) in [5.74, 6) is 0.471. The second-order valence-corrected chi connectivity index (χ2v) is 9.02. The number of rotatable bonds is 4. The monoisotopic (exact) mass is 380 g/mol. The molecule has 5 rings (SSSR count). The van der Waals surface area contributed by atoms with Crippen molar-refractivity contribution in [2.45, 2.75) is 57.6 Å². The molecular formula is C23H28N2O3. The first-order valence-corrected chi connectivity index (χ1v) is 10.7. The lowest BCUT2D eigenvalue weighted by atomic mass is 9.76. The van der Waals surface area contributed by atoms with Crippen molar-refractivity contribution >= 4 is 22.6 Å². The van der Waals surface area contributed by atoms with Gasteiger partial charge in [-0.3, -0.25) is 9.59 Å². The van der Waals surface area contributed by atoms with E-state index in [4.69, 9.17) is 0 Å². The second-order valence-electron chi connectivity index (χ2n) is 9.02. The third-order valence-electron chi connectivity index (χ3n) is 7.13. The molecule has 1 aromatic carbocycles. The van der Waals surface area contributed by atoms with E-state index < -0.39 is 0 Å². The first-order valence-electron chi connectivity index (χ1n) is 10.7. The van der Waals surface area contributed by atoms with Crippen LogP contribution in [0.2, 0.25) is 0 Å². The fourth-order valence-electron chi connectivity index (χ4n) is 5.35. The van der Waals surface area contributed by atoms with Crippen LogP contribution in [0.5, 0.6) is 0 Å². The Balaban J connectivity index is 1.39. The number of Topliss-reactive ketones (excluding diaryl/α,β-unsaturated/α-hetero) is 1. The zero-order valence-corrected chi connectivity index (χ0v) is 16.3. The number of aliphatic hydroxyl groups is 1. The zero-order chi connectivity index (χ0) is 19.3. The van der Waals surface area contributed by atoms with Gasteiger partial charge in [-0.25, -0.2) is 0 Å². The lowest BCUT2D eigenvalue weighted by molar-refractivity contribution is -0.137. The van der Waals surface area contributed by atoms with Gasteiger partial charge in [0, 0.05) is 47.1 Å². The number of fused-ring (bicyclic) bond motifs is 1. The molecular weight excluding hydrogens is 352 g/mol. The molecule has 2 aromatic rings. The van der Waals surface area contributed by atoms with E-state index in [9.17, 15) is 14.7 Å². The number of aromatic nitrogens is 1. The SMILES string of the molecule is O=C(c1cn(CC(=O)N2CCC[C@@]3(CCC[C@H]3O)C2)c2ccccc12)C1CC1. The van der Waals surface area contributed by atoms with Crippen LogP contribution in [0.25, 0.3) is 10.9 Å². The molecule has 5 nitrogen and oxygen atoms in total. The van der Waals surface area contributed by atoms with Gasteiger partial charge < -0.3 is 14.6 Å². The quantitative estimate of drug-likeness (QED) is 0.827. The minimum Gasteiger partial charge on any atom is -0.392 e. The smallest absolute Gasteiger partial charge is 0.242 e. The highest BCUT2D eigenvalue weighted by molar-refractivity contribution is 6.10. The predicted molar refractivity (Wildman–Crippen MR) is 107 cm³/mol. The van der Waals surface area contributed by atoms with Crippen molar-refractivity contribution in [1.29, 1.82) is 0 Å². The van der Waals surface area contributed by atoms with Crippen LogP contribution in [-0.2, 0) is 11.3 Å². The van der Waals surface area contributed by atoms with Crippen LogP contribution in [0.3, 0.4) is 0 Å². The zero-order valence-electron chi connectivity index (χ0n) is 16.3. The summed E-state index contributed by atoms with van der Waals surface area (Å²) in [5.41, 5.74) is 1.61. The molecule has 1 amide bonds. The summed E-state index contributed by atoms with van der Waals surface area (Å²) < 4.78 is 1.94. The van der Waals surface area contributed by atoms with Gasteiger partial charge in [-0.2, -0.15) is 0 Å². The molecule has 0 bridgehead atoms. The van der Waals surface area contributed by atoms with Gasteiger partial charge in [-0.15, -0.1) is 0 Å². The molecule has 5 heteroatoms. The molecule has 28 heavy (non-hydrogen) atoms. The summed E-state index contributed by atoms with van der Waals surface area (Å²) in [6, 6.07) is 7.88. The Morgan fingerprint density at radius 1 is 1.11 bits per heavy atom. The number of likely N-dealkylation sites (tertiary alicyclic amines) is 1. The molecule has 148 valence electrons. The number of aliphatic hydroxyl groups excluding tert-OH is 1. The summed E-state index contributed by atoms with van der Waals surface area (Å²) >= 11 is 0. The van der Waals surface area contributed by atoms with Gasteiger partial charge >= 0.3 is 0 Å². The van der Waals surface area contributed by atoms with E-state index >= 15 is 0 Å². The Morgan fingerprint density at radius 2 is 1.89 bits per heavy atom. The third-order valence-corrected chi connectivity index (χ3v) is 7.13. The van der Waals surface area contributed by atoms with E-state index in [0.717, 1.165) is 68.0 Å². The van der Waals surface area contributed by atoms with Gasteiger partial charge in [0.1, 0.15) is 6.54 Å². The average molecular weight is 380 g/mol. The Hall–Kier alpha value is -2.14. The molecule has 0 unspecified atom stereocenters. The highest BCUT2D eigenvalue weighted by atomic mass is 16.3. The summed E-state index contributed by atoms with van der Waals surface area (Å²) in [6.45, 7) is 1.69. The maximum Gasteiger partial charge on any atom is 0.242 e. The summed E-state index contributed by atoms with van der Waals surface area (Å²) in [6.07, 6.45) is 8.47. The number of amides is 1. The second kappa shape index (κ2) is 6.73. The fourth-order valence-corrected chi connectivity index (χ4v) is 5.35. The van der Waals surface area contributed by atoms with E-state index in [1.807, 2.05) is 39.9 Å². The number of nitrogens with zero attached hydrogens (tertiary/aromatic N) is 2. The Morgan fingerprint density at radius 3 is 2.64 bits per heavy atom. The van der Waals surface area contributed by atoms with Crippen LogP contribution in [0.1, 0.15) is 55.3 Å². The minimum atomic E-state index is -0.279. The topological polar surface area (TPSA) is 62.5 Å². The molecule has 2 aliphatic carbocycles. The van der Waals surface area contributed by atoms with Gasteiger partial charge in [0.05, 0.1) is 6.10 Å².